The summed E-state index contributed by atoms with van der Waals surface area (Å²) < 4.78 is 13.5. The van der Waals surface area contributed by atoms with Crippen LogP contribution in [0.4, 0.5) is 21.6 Å². The molecule has 0 aliphatic carbocycles. The van der Waals surface area contributed by atoms with Gasteiger partial charge in [-0.15, -0.1) is 11.8 Å². The van der Waals surface area contributed by atoms with E-state index in [-0.39, 0.29) is 10.9 Å². The molecule has 184 valence electrons. The Labute approximate surface area is 214 Å². The molecule has 0 saturated carbocycles. The molecule has 1 fully saturated rings. The van der Waals surface area contributed by atoms with Crippen LogP contribution in [0.15, 0.2) is 53.7 Å². The highest BCUT2D eigenvalue weighted by Crippen LogP contribution is 2.33. The minimum Gasteiger partial charge on any atom is -0.340 e. The number of thioether (sulfide) groups is 1. The molecule has 0 spiro atoms. The van der Waals surface area contributed by atoms with Crippen LogP contribution in [0.3, 0.4) is 0 Å². The number of nitrogens with zero attached hydrogens (tertiary/aromatic N) is 3. The van der Waals surface area contributed by atoms with Gasteiger partial charge in [0.15, 0.2) is 0 Å². The molecular weight excluding hydrogens is 485 g/mol. The van der Waals surface area contributed by atoms with Crippen molar-refractivity contribution in [1.82, 2.24) is 14.9 Å². The second-order valence-corrected chi connectivity index (χ2v) is 9.74. The molecule has 2 heterocycles. The second kappa shape index (κ2) is 12.3. The Kier molecular flexibility index (Phi) is 8.95. The third kappa shape index (κ3) is 6.93. The molecule has 1 saturated heterocycles. The lowest BCUT2D eigenvalue weighted by atomic mass is 10.1. The van der Waals surface area contributed by atoms with E-state index in [0.717, 1.165) is 35.2 Å². The second-order valence-electron chi connectivity index (χ2n) is 8.48. The van der Waals surface area contributed by atoms with Gasteiger partial charge in [-0.05, 0) is 88.0 Å². The van der Waals surface area contributed by atoms with Crippen molar-refractivity contribution in [2.75, 3.05) is 36.5 Å². The maximum absolute atomic E-state index is 13.5. The lowest BCUT2D eigenvalue weighted by Crippen LogP contribution is -2.30. The number of hydrogen-bond donors (Lipinski definition) is 2. The number of piperidine rings is 1. The van der Waals surface area contributed by atoms with Gasteiger partial charge in [-0.2, -0.15) is 0 Å². The summed E-state index contributed by atoms with van der Waals surface area (Å²) >= 11 is 7.44. The fraction of sp³-hybridized carbons (Fsp3) is 0.346. The number of rotatable bonds is 9. The number of benzene rings is 2. The van der Waals surface area contributed by atoms with Crippen LogP contribution >= 0.6 is 23.4 Å². The van der Waals surface area contributed by atoms with E-state index in [1.165, 1.54) is 62.6 Å². The molecule has 0 radical (unpaired) electrons. The van der Waals surface area contributed by atoms with Gasteiger partial charge in [0.1, 0.15) is 18.0 Å². The van der Waals surface area contributed by atoms with Gasteiger partial charge >= 0.3 is 0 Å². The summed E-state index contributed by atoms with van der Waals surface area (Å²) in [5.74, 6) is -0.123. The standard InChI is InChI=1S/C26H29ClFN5OS/c1-35-24-16-22-19(26(30-17-29-22)31-18-9-10-21(28)20(27)14-18)15-23(24)32-25(34)8-4-2-5-11-33-12-6-3-7-13-33/h4,8-10,14-17H,2-3,5-7,11-13H2,1H3,(H,32,34)(H,29,30,31). The number of halogens is 2. The van der Waals surface area contributed by atoms with Gasteiger partial charge in [-0.1, -0.05) is 24.1 Å². The van der Waals surface area contributed by atoms with Crippen molar-refractivity contribution in [3.05, 3.63) is 59.7 Å². The molecule has 6 nitrogen and oxygen atoms in total. The normalized spacial score (nSPS) is 14.5. The zero-order valence-corrected chi connectivity index (χ0v) is 21.3. The summed E-state index contributed by atoms with van der Waals surface area (Å²) in [6, 6.07) is 8.16. The van der Waals surface area contributed by atoms with E-state index in [2.05, 4.69) is 25.5 Å². The van der Waals surface area contributed by atoms with Crippen molar-refractivity contribution in [1.29, 1.82) is 0 Å². The number of amides is 1. The third-order valence-corrected chi connectivity index (χ3v) is 7.03. The number of nitrogens with one attached hydrogen (secondary N) is 2. The molecule has 0 bridgehead atoms. The largest absolute Gasteiger partial charge is 0.340 e. The maximum Gasteiger partial charge on any atom is 0.248 e. The molecule has 1 aromatic heterocycles. The van der Waals surface area contributed by atoms with Crippen molar-refractivity contribution in [3.63, 3.8) is 0 Å². The predicted molar refractivity (Wildman–Crippen MR) is 143 cm³/mol. The molecule has 1 amide bonds. The van der Waals surface area contributed by atoms with Gasteiger partial charge in [0.25, 0.3) is 0 Å². The molecule has 35 heavy (non-hydrogen) atoms. The summed E-state index contributed by atoms with van der Waals surface area (Å²) in [5.41, 5.74) is 2.01. The Bertz CT molecular complexity index is 1220. The number of allylic oxidation sites excluding steroid dienone is 1. The number of hydrogen-bond acceptors (Lipinski definition) is 6. The Balaban J connectivity index is 1.44. The molecule has 2 N–H and O–H groups in total. The predicted octanol–water partition coefficient (Wildman–Crippen LogP) is 6.65. The Morgan fingerprint density at radius 1 is 1.20 bits per heavy atom. The fourth-order valence-electron chi connectivity index (χ4n) is 4.14. The van der Waals surface area contributed by atoms with Crippen molar-refractivity contribution in [3.8, 4) is 0 Å². The SMILES string of the molecule is CSc1cc2ncnc(Nc3ccc(F)c(Cl)c3)c2cc1NC(=O)C=CCCCN1CCCCC1. The fourth-order valence-corrected chi connectivity index (χ4v) is 4.88. The van der Waals surface area contributed by atoms with Crippen LogP contribution in [-0.4, -0.2) is 46.7 Å². The average molecular weight is 514 g/mol. The number of carbonyl (C=O) groups is 1. The monoisotopic (exact) mass is 513 g/mol. The highest BCUT2D eigenvalue weighted by atomic mass is 35.5. The van der Waals surface area contributed by atoms with Crippen LogP contribution in [0.5, 0.6) is 0 Å². The number of unbranched alkanes of at least 4 members (excludes halogenated alkanes) is 1. The first-order valence-corrected chi connectivity index (χ1v) is 13.4. The van der Waals surface area contributed by atoms with Gasteiger partial charge < -0.3 is 15.5 Å². The molecule has 0 atom stereocenters. The van der Waals surface area contributed by atoms with Gasteiger partial charge in [0.2, 0.25) is 5.91 Å². The summed E-state index contributed by atoms with van der Waals surface area (Å²) in [5, 5.41) is 6.91. The van der Waals surface area contributed by atoms with Crippen LogP contribution in [0.1, 0.15) is 32.1 Å². The van der Waals surface area contributed by atoms with E-state index in [4.69, 9.17) is 11.6 Å². The first-order valence-electron chi connectivity index (χ1n) is 11.8. The van der Waals surface area contributed by atoms with E-state index in [9.17, 15) is 9.18 Å². The molecule has 1 aliphatic rings. The van der Waals surface area contributed by atoms with Gasteiger partial charge in [-0.3, -0.25) is 4.79 Å². The molecule has 2 aromatic carbocycles. The first kappa shape index (κ1) is 25.4. The zero-order chi connectivity index (χ0) is 24.6. The van der Waals surface area contributed by atoms with Crippen LogP contribution in [0.2, 0.25) is 5.02 Å². The van der Waals surface area contributed by atoms with Crippen LogP contribution in [-0.2, 0) is 4.79 Å². The third-order valence-electron chi connectivity index (χ3n) is 5.96. The molecule has 0 unspecified atom stereocenters. The van der Waals surface area contributed by atoms with Crippen LogP contribution < -0.4 is 10.6 Å². The van der Waals surface area contributed by atoms with Crippen LogP contribution in [0.25, 0.3) is 10.9 Å². The summed E-state index contributed by atoms with van der Waals surface area (Å²) in [6.45, 7) is 3.47. The van der Waals surface area contributed by atoms with E-state index < -0.39 is 5.82 Å². The summed E-state index contributed by atoms with van der Waals surface area (Å²) in [7, 11) is 0. The van der Waals surface area contributed by atoms with E-state index >= 15 is 0 Å². The first-order chi connectivity index (χ1) is 17.0. The topological polar surface area (TPSA) is 70.1 Å². The molecular formula is C26H29ClFN5OS. The lowest BCUT2D eigenvalue weighted by Gasteiger charge is -2.25. The molecule has 9 heteroatoms. The number of anilines is 3. The van der Waals surface area contributed by atoms with E-state index in [1.54, 1.807) is 12.1 Å². The van der Waals surface area contributed by atoms with Crippen molar-refractivity contribution < 1.29 is 9.18 Å². The van der Waals surface area contributed by atoms with Gasteiger partial charge in [0, 0.05) is 16.0 Å². The summed E-state index contributed by atoms with van der Waals surface area (Å²) in [6.07, 6.45) is 12.8. The number of fused-ring (bicyclic) bond motifs is 1. The number of aromatic nitrogens is 2. The van der Waals surface area contributed by atoms with E-state index in [1.807, 2.05) is 24.5 Å². The Morgan fingerprint density at radius 3 is 2.80 bits per heavy atom. The number of likely N-dealkylation sites (tertiary alicyclic amines) is 1. The minimum absolute atomic E-state index is 0.0219. The minimum atomic E-state index is -0.487. The smallest absolute Gasteiger partial charge is 0.248 e. The molecule has 3 aromatic rings. The molecule has 1 aliphatic heterocycles. The number of carbonyl (C=O) groups excluding carboxylic acids is 1. The summed E-state index contributed by atoms with van der Waals surface area (Å²) in [4.78, 5) is 24.7. The Hall–Kier alpha value is -2.68. The maximum atomic E-state index is 13.5. The Morgan fingerprint density at radius 2 is 2.03 bits per heavy atom. The quantitative estimate of drug-likeness (QED) is 0.190. The average Bonchev–Trinajstić information content (AvgIpc) is 2.86. The zero-order valence-electron chi connectivity index (χ0n) is 19.7. The van der Waals surface area contributed by atoms with Gasteiger partial charge in [0.05, 0.1) is 16.2 Å². The van der Waals surface area contributed by atoms with Gasteiger partial charge in [-0.25, -0.2) is 14.4 Å². The van der Waals surface area contributed by atoms with Crippen LogP contribution in [0, 0.1) is 5.82 Å². The highest BCUT2D eigenvalue weighted by Gasteiger charge is 2.12. The lowest BCUT2D eigenvalue weighted by molar-refractivity contribution is -0.111. The van der Waals surface area contributed by atoms with E-state index in [0.29, 0.717) is 17.2 Å². The van der Waals surface area contributed by atoms with Crippen molar-refractivity contribution >= 4 is 57.4 Å². The van der Waals surface area contributed by atoms with Crippen molar-refractivity contribution in [2.24, 2.45) is 0 Å². The van der Waals surface area contributed by atoms with Crippen molar-refractivity contribution in [2.45, 2.75) is 37.0 Å². The highest BCUT2D eigenvalue weighted by molar-refractivity contribution is 7.98. The molecule has 4 rings (SSSR count).